The first kappa shape index (κ1) is 11.4. The Bertz CT molecular complexity index is 296. The monoisotopic (exact) mass is 226 g/mol. The Hall–Kier alpha value is -1.10. The van der Waals surface area contributed by atoms with E-state index in [9.17, 15) is 9.59 Å². The second kappa shape index (κ2) is 4.41. The van der Waals surface area contributed by atoms with E-state index >= 15 is 0 Å². The number of carbonyl (C=O) groups is 2. The summed E-state index contributed by atoms with van der Waals surface area (Å²) < 4.78 is 4.74. The molecule has 0 unspecified atom stereocenters. The van der Waals surface area contributed by atoms with E-state index in [0.717, 1.165) is 25.9 Å². The Labute approximate surface area is 94.9 Å². The lowest BCUT2D eigenvalue weighted by atomic mass is 9.91. The molecule has 0 atom stereocenters. The average molecular weight is 226 g/mol. The minimum Gasteiger partial charge on any atom is -0.466 e. The Kier molecular flexibility index (Phi) is 3.14. The molecule has 1 saturated heterocycles. The number of amides is 1. The molecule has 0 radical (unpaired) electrons. The van der Waals surface area contributed by atoms with Gasteiger partial charge in [-0.1, -0.05) is 0 Å². The van der Waals surface area contributed by atoms with Gasteiger partial charge in [-0.25, -0.2) is 0 Å². The number of esters is 1. The van der Waals surface area contributed by atoms with Gasteiger partial charge in [-0.2, -0.15) is 0 Å². The second-order valence-corrected chi connectivity index (χ2v) is 4.54. The summed E-state index contributed by atoms with van der Waals surface area (Å²) in [7, 11) is 0. The second-order valence-electron chi connectivity index (χ2n) is 4.54. The number of hydrogen-bond donors (Lipinski definition) is 2. The van der Waals surface area contributed by atoms with Crippen LogP contribution in [0.15, 0.2) is 0 Å². The zero-order valence-electron chi connectivity index (χ0n) is 9.54. The first-order chi connectivity index (χ1) is 7.66. The smallest absolute Gasteiger partial charge is 0.315 e. The van der Waals surface area contributed by atoms with Gasteiger partial charge in [-0.05, 0) is 19.8 Å². The third kappa shape index (κ3) is 2.35. The van der Waals surface area contributed by atoms with Crippen molar-refractivity contribution in [2.24, 2.45) is 5.92 Å². The van der Waals surface area contributed by atoms with Crippen LogP contribution in [-0.2, 0) is 14.3 Å². The van der Waals surface area contributed by atoms with Crippen LogP contribution < -0.4 is 10.6 Å². The Balaban J connectivity index is 1.76. The quantitative estimate of drug-likeness (QED) is 0.503. The number of rotatable bonds is 5. The maximum Gasteiger partial charge on any atom is 0.315 e. The van der Waals surface area contributed by atoms with Crippen molar-refractivity contribution in [3.05, 3.63) is 0 Å². The highest BCUT2D eigenvalue weighted by Gasteiger charge is 2.52. The topological polar surface area (TPSA) is 67.4 Å². The molecule has 1 aliphatic heterocycles. The lowest BCUT2D eigenvalue weighted by Gasteiger charge is -2.35. The minimum absolute atomic E-state index is 0.0190. The summed E-state index contributed by atoms with van der Waals surface area (Å²) in [6, 6.07) is 0. The van der Waals surface area contributed by atoms with E-state index in [-0.39, 0.29) is 17.9 Å². The normalized spacial score (nSPS) is 22.1. The molecule has 5 heteroatoms. The van der Waals surface area contributed by atoms with Gasteiger partial charge in [-0.15, -0.1) is 0 Å². The average Bonchev–Trinajstić information content (AvgIpc) is 2.81. The van der Waals surface area contributed by atoms with E-state index in [0.29, 0.717) is 12.5 Å². The summed E-state index contributed by atoms with van der Waals surface area (Å²) in [6.07, 6.45) is 1.91. The maximum atomic E-state index is 11.6. The zero-order valence-corrected chi connectivity index (χ0v) is 9.54. The van der Waals surface area contributed by atoms with Crippen molar-refractivity contribution < 1.29 is 14.3 Å². The van der Waals surface area contributed by atoms with Crippen molar-refractivity contribution in [1.29, 1.82) is 0 Å². The molecule has 0 aromatic heterocycles. The molecule has 0 bridgehead atoms. The lowest BCUT2D eigenvalue weighted by molar-refractivity contribution is -0.146. The Morgan fingerprint density at radius 1 is 1.44 bits per heavy atom. The summed E-state index contributed by atoms with van der Waals surface area (Å²) in [4.78, 5) is 22.7. The van der Waals surface area contributed by atoms with Gasteiger partial charge in [-0.3, -0.25) is 9.59 Å². The van der Waals surface area contributed by atoms with Crippen molar-refractivity contribution in [2.45, 2.75) is 31.7 Å². The minimum atomic E-state index is -0.442. The molecule has 0 aromatic rings. The molecule has 5 nitrogen and oxygen atoms in total. The largest absolute Gasteiger partial charge is 0.466 e. The molecule has 2 N–H and O–H groups in total. The molecule has 2 rings (SSSR count). The molecule has 1 heterocycles. The van der Waals surface area contributed by atoms with Crippen LogP contribution in [0.4, 0.5) is 0 Å². The van der Waals surface area contributed by atoms with Crippen LogP contribution >= 0.6 is 0 Å². The predicted octanol–water partition coefficient (Wildman–Crippen LogP) is -0.192. The number of hydrogen-bond acceptors (Lipinski definition) is 4. The number of carbonyl (C=O) groups excluding carboxylic acids is 2. The number of ether oxygens (including phenoxy) is 1. The van der Waals surface area contributed by atoms with Gasteiger partial charge >= 0.3 is 5.97 Å². The molecule has 2 aliphatic rings. The Morgan fingerprint density at radius 3 is 2.56 bits per heavy atom. The zero-order chi connectivity index (χ0) is 11.6. The highest BCUT2D eigenvalue weighted by atomic mass is 16.5. The summed E-state index contributed by atoms with van der Waals surface area (Å²) >= 11 is 0. The van der Waals surface area contributed by atoms with Crippen LogP contribution in [0.5, 0.6) is 0 Å². The van der Waals surface area contributed by atoms with Crippen molar-refractivity contribution in [2.75, 3.05) is 19.7 Å². The highest BCUT2D eigenvalue weighted by Crippen LogP contribution is 2.43. The third-order valence-corrected chi connectivity index (χ3v) is 3.35. The van der Waals surface area contributed by atoms with E-state index in [4.69, 9.17) is 4.74 Å². The maximum absolute atomic E-state index is 11.6. The van der Waals surface area contributed by atoms with E-state index < -0.39 is 5.97 Å². The van der Waals surface area contributed by atoms with Crippen LogP contribution in [0.25, 0.3) is 0 Å². The summed E-state index contributed by atoms with van der Waals surface area (Å²) in [5, 5.41) is 6.18. The molecule has 1 amide bonds. The first-order valence-corrected chi connectivity index (χ1v) is 5.83. The first-order valence-electron chi connectivity index (χ1n) is 5.83. The van der Waals surface area contributed by atoms with Crippen LogP contribution in [-0.4, -0.2) is 37.1 Å². The van der Waals surface area contributed by atoms with E-state index in [2.05, 4.69) is 10.6 Å². The van der Waals surface area contributed by atoms with Crippen molar-refractivity contribution >= 4 is 11.9 Å². The molecule has 2 fully saturated rings. The van der Waals surface area contributed by atoms with Crippen molar-refractivity contribution in [3.8, 4) is 0 Å². The molecule has 90 valence electrons. The predicted molar refractivity (Wildman–Crippen MR) is 57.7 cm³/mol. The van der Waals surface area contributed by atoms with Crippen LogP contribution in [0.3, 0.4) is 0 Å². The van der Waals surface area contributed by atoms with Gasteiger partial charge in [0.1, 0.15) is 6.42 Å². The van der Waals surface area contributed by atoms with Gasteiger partial charge in [0.2, 0.25) is 5.91 Å². The molecule has 0 spiro atoms. The molecule has 1 saturated carbocycles. The van der Waals surface area contributed by atoms with Crippen LogP contribution in [0, 0.1) is 5.92 Å². The summed E-state index contributed by atoms with van der Waals surface area (Å²) in [5.74, 6) is -0.107. The summed E-state index contributed by atoms with van der Waals surface area (Å²) in [5.41, 5.74) is -0.0190. The van der Waals surface area contributed by atoms with E-state index in [1.165, 1.54) is 0 Å². The van der Waals surface area contributed by atoms with Gasteiger partial charge < -0.3 is 15.4 Å². The van der Waals surface area contributed by atoms with Gasteiger partial charge in [0.25, 0.3) is 0 Å². The van der Waals surface area contributed by atoms with Gasteiger partial charge in [0.05, 0.1) is 6.61 Å². The fraction of sp³-hybridized carbons (Fsp3) is 0.818. The highest BCUT2D eigenvalue weighted by molar-refractivity contribution is 5.94. The number of nitrogens with one attached hydrogen (secondary N) is 2. The lowest BCUT2D eigenvalue weighted by Crippen LogP contribution is -2.56. The summed E-state index contributed by atoms with van der Waals surface area (Å²) in [6.45, 7) is 4.00. The SMILES string of the molecule is CCOC(=O)CC(=O)NC1(C2CNC2)CC1. The standard InChI is InChI=1S/C11H18N2O3/c1-2-16-10(15)5-9(14)13-11(3-4-11)8-6-12-7-8/h8,12H,2-7H2,1H3,(H,13,14). The van der Waals surface area contributed by atoms with Gasteiger partial charge in [0.15, 0.2) is 0 Å². The molecular formula is C11H18N2O3. The fourth-order valence-electron chi connectivity index (χ4n) is 2.11. The molecule has 1 aliphatic carbocycles. The van der Waals surface area contributed by atoms with Crippen LogP contribution in [0.1, 0.15) is 26.2 Å². The fourth-order valence-corrected chi connectivity index (χ4v) is 2.11. The van der Waals surface area contributed by atoms with Gasteiger partial charge in [0, 0.05) is 24.5 Å². The van der Waals surface area contributed by atoms with E-state index in [1.807, 2.05) is 0 Å². The van der Waals surface area contributed by atoms with Crippen LogP contribution in [0.2, 0.25) is 0 Å². The molecule has 0 aromatic carbocycles. The molecule has 16 heavy (non-hydrogen) atoms. The van der Waals surface area contributed by atoms with Crippen molar-refractivity contribution in [1.82, 2.24) is 10.6 Å². The van der Waals surface area contributed by atoms with E-state index in [1.54, 1.807) is 6.92 Å². The third-order valence-electron chi connectivity index (χ3n) is 3.35. The molecular weight excluding hydrogens is 208 g/mol. The van der Waals surface area contributed by atoms with Crippen molar-refractivity contribution in [3.63, 3.8) is 0 Å². The Morgan fingerprint density at radius 2 is 2.12 bits per heavy atom.